The molecule has 1 atom stereocenters. The van der Waals surface area contributed by atoms with Crippen molar-refractivity contribution in [1.29, 1.82) is 0 Å². The number of nitrogens with zero attached hydrogens (tertiary/aromatic N) is 1. The maximum atomic E-state index is 3.52. The van der Waals surface area contributed by atoms with Crippen molar-refractivity contribution in [2.75, 3.05) is 18.0 Å². The van der Waals surface area contributed by atoms with Crippen LogP contribution in [0.25, 0.3) is 0 Å². The highest BCUT2D eigenvalue weighted by atomic mass is 15.1. The molecule has 0 aliphatic rings. The number of nitrogens with one attached hydrogen (secondary N) is 1. The Kier molecular flexibility index (Phi) is 6.93. The molecule has 108 valence electrons. The second-order valence-corrected chi connectivity index (χ2v) is 5.72. The number of hydrogen-bond acceptors (Lipinski definition) is 2. The minimum absolute atomic E-state index is 0.526. The van der Waals surface area contributed by atoms with E-state index >= 15 is 0 Å². The standard InChI is InChI=1S/C17H30N2/c1-6-15(5)13-19(7-2)17-11-9-8-10-16(17)12-18-14(3)4/h8-11,14-15,18H,6-7,12-13H2,1-5H3. The summed E-state index contributed by atoms with van der Waals surface area (Å²) < 4.78 is 0. The first-order valence-corrected chi connectivity index (χ1v) is 7.64. The van der Waals surface area contributed by atoms with E-state index in [2.05, 4.69) is 69.1 Å². The zero-order valence-corrected chi connectivity index (χ0v) is 13.2. The third kappa shape index (κ3) is 5.23. The first-order chi connectivity index (χ1) is 9.08. The van der Waals surface area contributed by atoms with Crippen LogP contribution >= 0.6 is 0 Å². The van der Waals surface area contributed by atoms with Gasteiger partial charge in [0.2, 0.25) is 0 Å². The quantitative estimate of drug-likeness (QED) is 0.760. The number of benzene rings is 1. The predicted octanol–water partition coefficient (Wildman–Crippen LogP) is 4.06. The Bertz CT molecular complexity index is 360. The van der Waals surface area contributed by atoms with Crippen molar-refractivity contribution in [2.45, 2.75) is 53.6 Å². The van der Waals surface area contributed by atoms with Gasteiger partial charge in [0.15, 0.2) is 0 Å². The smallest absolute Gasteiger partial charge is 0.0411 e. The minimum Gasteiger partial charge on any atom is -0.371 e. The van der Waals surface area contributed by atoms with Crippen molar-refractivity contribution in [3.8, 4) is 0 Å². The molecule has 0 spiro atoms. The van der Waals surface area contributed by atoms with Gasteiger partial charge in [0, 0.05) is 31.4 Å². The van der Waals surface area contributed by atoms with E-state index in [-0.39, 0.29) is 0 Å². The van der Waals surface area contributed by atoms with Gasteiger partial charge in [0.25, 0.3) is 0 Å². The monoisotopic (exact) mass is 262 g/mol. The molecule has 2 nitrogen and oxygen atoms in total. The molecule has 1 N–H and O–H groups in total. The van der Waals surface area contributed by atoms with E-state index in [0.717, 1.165) is 25.6 Å². The third-order valence-corrected chi connectivity index (χ3v) is 3.64. The van der Waals surface area contributed by atoms with Crippen LogP contribution in [0.2, 0.25) is 0 Å². The molecule has 0 aromatic heterocycles. The molecular weight excluding hydrogens is 232 g/mol. The summed E-state index contributed by atoms with van der Waals surface area (Å²) in [5.41, 5.74) is 2.79. The highest BCUT2D eigenvalue weighted by Gasteiger charge is 2.12. The molecule has 1 aromatic rings. The van der Waals surface area contributed by atoms with Gasteiger partial charge in [0.1, 0.15) is 0 Å². The molecule has 0 radical (unpaired) electrons. The van der Waals surface area contributed by atoms with Crippen LogP contribution in [0.1, 0.15) is 46.6 Å². The Labute approximate surface area is 119 Å². The van der Waals surface area contributed by atoms with Gasteiger partial charge in [0.05, 0.1) is 0 Å². The van der Waals surface area contributed by atoms with Crippen molar-refractivity contribution < 1.29 is 0 Å². The summed E-state index contributed by atoms with van der Waals surface area (Å²) in [6.45, 7) is 14.4. The molecule has 1 aromatic carbocycles. The topological polar surface area (TPSA) is 15.3 Å². The SMILES string of the molecule is CCC(C)CN(CC)c1ccccc1CNC(C)C. The summed E-state index contributed by atoms with van der Waals surface area (Å²) in [6, 6.07) is 9.30. The van der Waals surface area contributed by atoms with E-state index in [0.29, 0.717) is 6.04 Å². The first kappa shape index (κ1) is 16.0. The van der Waals surface area contributed by atoms with Crippen LogP contribution in [0.15, 0.2) is 24.3 Å². The molecule has 1 unspecified atom stereocenters. The van der Waals surface area contributed by atoms with Crippen molar-refractivity contribution in [3.63, 3.8) is 0 Å². The van der Waals surface area contributed by atoms with Crippen LogP contribution in [0.5, 0.6) is 0 Å². The van der Waals surface area contributed by atoms with Gasteiger partial charge in [-0.3, -0.25) is 0 Å². The molecule has 0 bridgehead atoms. The fourth-order valence-corrected chi connectivity index (χ4v) is 2.19. The Balaban J connectivity index is 2.83. The van der Waals surface area contributed by atoms with Gasteiger partial charge in [-0.1, -0.05) is 52.3 Å². The average molecular weight is 262 g/mol. The summed E-state index contributed by atoms with van der Waals surface area (Å²) in [7, 11) is 0. The second-order valence-electron chi connectivity index (χ2n) is 5.72. The van der Waals surface area contributed by atoms with Gasteiger partial charge in [-0.2, -0.15) is 0 Å². The van der Waals surface area contributed by atoms with E-state index in [1.54, 1.807) is 0 Å². The Hall–Kier alpha value is -1.02. The van der Waals surface area contributed by atoms with Crippen LogP contribution in [-0.4, -0.2) is 19.1 Å². The third-order valence-electron chi connectivity index (χ3n) is 3.64. The molecule has 1 rings (SSSR count). The van der Waals surface area contributed by atoms with Gasteiger partial charge in [-0.15, -0.1) is 0 Å². The Morgan fingerprint density at radius 2 is 1.79 bits per heavy atom. The highest BCUT2D eigenvalue weighted by molar-refractivity contribution is 5.53. The van der Waals surface area contributed by atoms with E-state index in [1.165, 1.54) is 17.7 Å². The summed E-state index contributed by atoms with van der Waals surface area (Å²) in [6.07, 6.45) is 1.24. The van der Waals surface area contributed by atoms with E-state index < -0.39 is 0 Å². The van der Waals surface area contributed by atoms with Crippen LogP contribution in [-0.2, 0) is 6.54 Å². The summed E-state index contributed by atoms with van der Waals surface area (Å²) in [5.74, 6) is 0.742. The van der Waals surface area contributed by atoms with Gasteiger partial charge in [-0.05, 0) is 24.5 Å². The molecule has 0 aliphatic heterocycles. The van der Waals surface area contributed by atoms with Gasteiger partial charge >= 0.3 is 0 Å². The lowest BCUT2D eigenvalue weighted by Gasteiger charge is -2.28. The Morgan fingerprint density at radius 3 is 2.37 bits per heavy atom. The van der Waals surface area contributed by atoms with Gasteiger partial charge < -0.3 is 10.2 Å². The molecule has 2 heteroatoms. The molecule has 19 heavy (non-hydrogen) atoms. The molecule has 0 saturated carbocycles. The minimum atomic E-state index is 0.526. The number of anilines is 1. The van der Waals surface area contributed by atoms with Crippen molar-refractivity contribution in [2.24, 2.45) is 5.92 Å². The van der Waals surface area contributed by atoms with Crippen LogP contribution in [0.3, 0.4) is 0 Å². The van der Waals surface area contributed by atoms with Crippen molar-refractivity contribution in [1.82, 2.24) is 5.32 Å². The van der Waals surface area contributed by atoms with E-state index in [4.69, 9.17) is 0 Å². The van der Waals surface area contributed by atoms with Crippen molar-refractivity contribution in [3.05, 3.63) is 29.8 Å². The van der Waals surface area contributed by atoms with E-state index in [9.17, 15) is 0 Å². The lowest BCUT2D eigenvalue weighted by molar-refractivity contribution is 0.544. The normalized spacial score (nSPS) is 12.7. The number of rotatable bonds is 8. The zero-order valence-electron chi connectivity index (χ0n) is 13.2. The van der Waals surface area contributed by atoms with E-state index in [1.807, 2.05) is 0 Å². The van der Waals surface area contributed by atoms with Crippen LogP contribution in [0, 0.1) is 5.92 Å². The summed E-state index contributed by atoms with van der Waals surface area (Å²) >= 11 is 0. The first-order valence-electron chi connectivity index (χ1n) is 7.64. The lowest BCUT2D eigenvalue weighted by atomic mass is 10.1. The van der Waals surface area contributed by atoms with Crippen molar-refractivity contribution >= 4 is 5.69 Å². The second kappa shape index (κ2) is 8.21. The molecule has 0 amide bonds. The predicted molar refractivity (Wildman–Crippen MR) is 85.8 cm³/mol. The maximum Gasteiger partial charge on any atom is 0.0411 e. The lowest BCUT2D eigenvalue weighted by Crippen LogP contribution is -2.30. The Morgan fingerprint density at radius 1 is 1.11 bits per heavy atom. The zero-order chi connectivity index (χ0) is 14.3. The molecule has 0 heterocycles. The average Bonchev–Trinajstić information content (AvgIpc) is 2.42. The molecule has 0 aliphatic carbocycles. The molecule has 0 saturated heterocycles. The number of para-hydroxylation sites is 1. The summed E-state index contributed by atoms with van der Waals surface area (Å²) in [4.78, 5) is 2.51. The highest BCUT2D eigenvalue weighted by Crippen LogP contribution is 2.22. The fraction of sp³-hybridized carbons (Fsp3) is 0.647. The maximum absolute atomic E-state index is 3.52. The summed E-state index contributed by atoms with van der Waals surface area (Å²) in [5, 5.41) is 3.52. The fourth-order valence-electron chi connectivity index (χ4n) is 2.19. The van der Waals surface area contributed by atoms with Crippen LogP contribution < -0.4 is 10.2 Å². The van der Waals surface area contributed by atoms with Gasteiger partial charge in [-0.25, -0.2) is 0 Å². The largest absolute Gasteiger partial charge is 0.371 e. The molecular formula is C17H30N2. The number of hydrogen-bond donors (Lipinski definition) is 1. The van der Waals surface area contributed by atoms with Crippen LogP contribution in [0.4, 0.5) is 5.69 Å². The molecule has 0 fully saturated rings.